The van der Waals surface area contributed by atoms with E-state index >= 15 is 0 Å². The van der Waals surface area contributed by atoms with E-state index in [2.05, 4.69) is 43.7 Å². The minimum atomic E-state index is -0.137. The molecule has 100 valence electrons. The Hall–Kier alpha value is -1.90. The molecule has 2 rings (SSSR count). The lowest BCUT2D eigenvalue weighted by Crippen LogP contribution is -2.20. The molecule has 0 atom stereocenters. The van der Waals surface area contributed by atoms with Gasteiger partial charge in [0.05, 0.1) is 5.69 Å². The lowest BCUT2D eigenvalue weighted by Gasteiger charge is -2.18. The fourth-order valence-electron chi connectivity index (χ4n) is 2.05. The third kappa shape index (κ3) is 2.92. The first-order valence-electron chi connectivity index (χ1n) is 6.47. The lowest BCUT2D eigenvalue weighted by atomic mass is 9.92. The fraction of sp³-hybridized carbons (Fsp3) is 0.375. The van der Waals surface area contributed by atoms with E-state index in [1.165, 1.54) is 5.56 Å². The molecule has 0 fully saturated rings. The molecular weight excluding hydrogens is 236 g/mol. The van der Waals surface area contributed by atoms with Crippen LogP contribution in [0, 0.1) is 13.8 Å². The summed E-state index contributed by atoms with van der Waals surface area (Å²) in [6, 6.07) is 7.72. The molecule has 0 bridgehead atoms. The Morgan fingerprint density at radius 1 is 1.11 bits per heavy atom. The van der Waals surface area contributed by atoms with E-state index in [1.807, 2.05) is 19.1 Å². The molecule has 0 saturated carbocycles. The van der Waals surface area contributed by atoms with Crippen molar-refractivity contribution in [2.45, 2.75) is 40.0 Å². The number of hydrogen-bond donors (Lipinski definition) is 1. The molecule has 19 heavy (non-hydrogen) atoms. The van der Waals surface area contributed by atoms with Crippen molar-refractivity contribution in [2.75, 3.05) is 0 Å². The first-order valence-corrected chi connectivity index (χ1v) is 6.47. The second kappa shape index (κ2) is 4.65. The highest BCUT2D eigenvalue weighted by molar-refractivity contribution is 5.60. The molecule has 3 heteroatoms. The van der Waals surface area contributed by atoms with Gasteiger partial charge in [-0.15, -0.1) is 0 Å². The van der Waals surface area contributed by atoms with Crippen molar-refractivity contribution in [2.24, 2.45) is 0 Å². The van der Waals surface area contributed by atoms with Gasteiger partial charge in [0.1, 0.15) is 5.82 Å². The number of hydrogen-bond acceptors (Lipinski definition) is 2. The van der Waals surface area contributed by atoms with Crippen molar-refractivity contribution in [3.8, 4) is 11.4 Å². The van der Waals surface area contributed by atoms with Gasteiger partial charge >= 0.3 is 0 Å². The highest BCUT2D eigenvalue weighted by Crippen LogP contribution is 2.23. The monoisotopic (exact) mass is 256 g/mol. The van der Waals surface area contributed by atoms with E-state index < -0.39 is 0 Å². The van der Waals surface area contributed by atoms with E-state index in [-0.39, 0.29) is 11.0 Å². The van der Waals surface area contributed by atoms with Crippen LogP contribution in [0.1, 0.15) is 37.6 Å². The standard InChI is InChI=1S/C16H20N2O/c1-10-6-7-12(11(2)8-10)15-17-13(16(3,4)5)9-14(19)18-15/h6-9H,1-5H3,(H,17,18,19). The molecule has 3 nitrogen and oxygen atoms in total. The molecule has 0 aliphatic carbocycles. The van der Waals surface area contributed by atoms with Crippen molar-refractivity contribution < 1.29 is 0 Å². The number of nitrogens with one attached hydrogen (secondary N) is 1. The number of rotatable bonds is 1. The Morgan fingerprint density at radius 3 is 2.37 bits per heavy atom. The zero-order valence-corrected chi connectivity index (χ0v) is 12.2. The van der Waals surface area contributed by atoms with Crippen molar-refractivity contribution in [3.63, 3.8) is 0 Å². The van der Waals surface area contributed by atoms with Crippen LogP contribution in [-0.2, 0) is 5.41 Å². The minimum Gasteiger partial charge on any atom is -0.307 e. The summed E-state index contributed by atoms with van der Waals surface area (Å²) in [5, 5.41) is 0. The van der Waals surface area contributed by atoms with Gasteiger partial charge < -0.3 is 4.98 Å². The molecule has 1 aromatic heterocycles. The maximum Gasteiger partial charge on any atom is 0.251 e. The molecule has 2 aromatic rings. The van der Waals surface area contributed by atoms with Crippen LogP contribution in [-0.4, -0.2) is 9.97 Å². The molecule has 1 heterocycles. The number of nitrogens with zero attached hydrogens (tertiary/aromatic N) is 1. The average Bonchev–Trinajstić information content (AvgIpc) is 2.26. The van der Waals surface area contributed by atoms with Crippen LogP contribution >= 0.6 is 0 Å². The van der Waals surface area contributed by atoms with Crippen LogP contribution < -0.4 is 5.56 Å². The highest BCUT2D eigenvalue weighted by atomic mass is 16.1. The molecule has 0 radical (unpaired) electrons. The van der Waals surface area contributed by atoms with E-state index in [1.54, 1.807) is 6.07 Å². The number of aryl methyl sites for hydroxylation is 2. The number of aromatic amines is 1. The van der Waals surface area contributed by atoms with E-state index in [4.69, 9.17) is 0 Å². The van der Waals surface area contributed by atoms with E-state index in [9.17, 15) is 4.79 Å². The Labute approximate surface area is 113 Å². The topological polar surface area (TPSA) is 45.8 Å². The zero-order valence-electron chi connectivity index (χ0n) is 12.2. The lowest BCUT2D eigenvalue weighted by molar-refractivity contribution is 0.566. The normalized spacial score (nSPS) is 11.6. The van der Waals surface area contributed by atoms with Crippen molar-refractivity contribution in [1.29, 1.82) is 0 Å². The first-order chi connectivity index (χ1) is 8.77. The van der Waals surface area contributed by atoms with Crippen molar-refractivity contribution in [1.82, 2.24) is 9.97 Å². The van der Waals surface area contributed by atoms with Crippen LogP contribution in [0.15, 0.2) is 29.1 Å². The van der Waals surface area contributed by atoms with Gasteiger partial charge in [-0.2, -0.15) is 0 Å². The number of aromatic nitrogens is 2. The van der Waals surface area contributed by atoms with E-state index in [0.717, 1.165) is 16.8 Å². The summed E-state index contributed by atoms with van der Waals surface area (Å²) in [5.74, 6) is 0.648. The van der Waals surface area contributed by atoms with Crippen LogP contribution in [0.25, 0.3) is 11.4 Å². The molecule has 1 aromatic carbocycles. The van der Waals surface area contributed by atoms with Gasteiger partial charge in [-0.1, -0.05) is 44.5 Å². The van der Waals surface area contributed by atoms with Crippen LogP contribution in [0.2, 0.25) is 0 Å². The van der Waals surface area contributed by atoms with Gasteiger partial charge in [0.25, 0.3) is 5.56 Å². The quantitative estimate of drug-likeness (QED) is 0.850. The fourth-order valence-corrected chi connectivity index (χ4v) is 2.05. The molecule has 0 unspecified atom stereocenters. The molecule has 0 aliphatic heterocycles. The predicted molar refractivity (Wildman–Crippen MR) is 78.5 cm³/mol. The number of benzene rings is 1. The summed E-state index contributed by atoms with van der Waals surface area (Å²) in [5.41, 5.74) is 3.88. The van der Waals surface area contributed by atoms with Crippen molar-refractivity contribution in [3.05, 3.63) is 51.4 Å². The summed E-state index contributed by atoms with van der Waals surface area (Å²) in [7, 11) is 0. The second-order valence-corrected chi connectivity index (χ2v) is 6.05. The van der Waals surface area contributed by atoms with Gasteiger partial charge in [-0.3, -0.25) is 4.79 Å². The predicted octanol–water partition coefficient (Wildman–Crippen LogP) is 3.35. The van der Waals surface area contributed by atoms with Gasteiger partial charge in [0.2, 0.25) is 0 Å². The molecule has 0 amide bonds. The van der Waals surface area contributed by atoms with E-state index in [0.29, 0.717) is 5.82 Å². The second-order valence-electron chi connectivity index (χ2n) is 6.05. The summed E-state index contributed by atoms with van der Waals surface area (Å²) < 4.78 is 0. The number of H-pyrrole nitrogens is 1. The van der Waals surface area contributed by atoms with Crippen LogP contribution in [0.5, 0.6) is 0 Å². The SMILES string of the molecule is Cc1ccc(-c2nc(C(C)(C)C)cc(=O)[nH]2)c(C)c1. The zero-order chi connectivity index (χ0) is 14.2. The van der Waals surface area contributed by atoms with Crippen LogP contribution in [0.4, 0.5) is 0 Å². The molecular formula is C16H20N2O. The Kier molecular flexibility index (Phi) is 3.31. The Morgan fingerprint density at radius 2 is 1.79 bits per heavy atom. The highest BCUT2D eigenvalue weighted by Gasteiger charge is 2.17. The summed E-state index contributed by atoms with van der Waals surface area (Å²) >= 11 is 0. The average molecular weight is 256 g/mol. The Bertz CT molecular complexity index is 663. The first kappa shape index (κ1) is 13.5. The van der Waals surface area contributed by atoms with Gasteiger partial charge in [-0.25, -0.2) is 4.98 Å². The molecule has 1 N–H and O–H groups in total. The van der Waals surface area contributed by atoms with Gasteiger partial charge in [0.15, 0.2) is 0 Å². The van der Waals surface area contributed by atoms with Crippen LogP contribution in [0.3, 0.4) is 0 Å². The third-order valence-electron chi connectivity index (χ3n) is 3.15. The Balaban J connectivity index is 2.63. The van der Waals surface area contributed by atoms with Gasteiger partial charge in [0, 0.05) is 17.0 Å². The molecule has 0 spiro atoms. The summed E-state index contributed by atoms with van der Waals surface area (Å²) in [6.45, 7) is 10.3. The molecule has 0 aliphatic rings. The van der Waals surface area contributed by atoms with Gasteiger partial charge in [-0.05, 0) is 19.4 Å². The minimum absolute atomic E-state index is 0.102. The third-order valence-corrected chi connectivity index (χ3v) is 3.15. The van der Waals surface area contributed by atoms with Crippen molar-refractivity contribution >= 4 is 0 Å². The maximum atomic E-state index is 11.8. The summed E-state index contributed by atoms with van der Waals surface area (Å²) in [4.78, 5) is 19.3. The molecule has 0 saturated heterocycles. The smallest absolute Gasteiger partial charge is 0.251 e. The maximum absolute atomic E-state index is 11.8. The summed E-state index contributed by atoms with van der Waals surface area (Å²) in [6.07, 6.45) is 0. The largest absolute Gasteiger partial charge is 0.307 e.